The molecule has 11 heteroatoms. The third-order valence-electron chi connectivity index (χ3n) is 4.36. The van der Waals surface area contributed by atoms with Gasteiger partial charge in [0.2, 0.25) is 5.16 Å². The first kappa shape index (κ1) is 23.8. The Hall–Kier alpha value is -3.86. The predicted molar refractivity (Wildman–Crippen MR) is 122 cm³/mol. The number of aliphatic carboxylic acids is 1. The monoisotopic (exact) mass is 470 g/mol. The average molecular weight is 471 g/mol. The quantitative estimate of drug-likeness (QED) is 0.180. The molecule has 0 bridgehead atoms. The van der Waals surface area contributed by atoms with Crippen molar-refractivity contribution in [3.8, 4) is 11.5 Å². The number of benzene rings is 2. The summed E-state index contributed by atoms with van der Waals surface area (Å²) in [5.74, 6) is 0.502. The minimum absolute atomic E-state index is 0.00737. The molecule has 0 saturated heterocycles. The fourth-order valence-electron chi connectivity index (χ4n) is 2.74. The van der Waals surface area contributed by atoms with Gasteiger partial charge in [0.25, 0.3) is 5.69 Å². The number of thioether (sulfide) groups is 1. The zero-order valence-corrected chi connectivity index (χ0v) is 18.8. The normalized spacial score (nSPS) is 11.3. The summed E-state index contributed by atoms with van der Waals surface area (Å²) in [7, 11) is 0. The topological polar surface area (TPSA) is 140 Å². The molecule has 0 saturated carbocycles. The van der Waals surface area contributed by atoms with Gasteiger partial charge >= 0.3 is 5.97 Å². The number of ether oxygens (including phenoxy) is 2. The van der Waals surface area contributed by atoms with Crippen molar-refractivity contribution >= 4 is 29.5 Å². The van der Waals surface area contributed by atoms with Crippen molar-refractivity contribution in [1.82, 2.24) is 15.2 Å². The third-order valence-corrected chi connectivity index (χ3v) is 5.24. The van der Waals surface area contributed by atoms with Crippen LogP contribution in [0.15, 0.2) is 52.5 Å². The van der Waals surface area contributed by atoms with Crippen LogP contribution in [0.5, 0.6) is 11.5 Å². The lowest BCUT2D eigenvalue weighted by Crippen LogP contribution is -2.01. The fraction of sp³-hybridized carbons (Fsp3) is 0.227. The maximum Gasteiger partial charge on any atom is 0.342 e. The lowest BCUT2D eigenvalue weighted by Gasteiger charge is -2.13. The Morgan fingerprint density at radius 1 is 1.18 bits per heavy atom. The highest BCUT2D eigenvalue weighted by Crippen LogP contribution is 2.32. The lowest BCUT2D eigenvalue weighted by atomic mass is 10.2. The summed E-state index contributed by atoms with van der Waals surface area (Å²) < 4.78 is 11.5. The zero-order chi connectivity index (χ0) is 23.8. The van der Waals surface area contributed by atoms with Gasteiger partial charge in [-0.1, -0.05) is 13.0 Å². The minimum atomic E-state index is -1.10. The largest absolute Gasteiger partial charge is 0.490 e. The number of non-ortho nitro benzene ring substituents is 1. The highest BCUT2D eigenvalue weighted by Gasteiger charge is 2.15. The molecule has 0 spiro atoms. The summed E-state index contributed by atoms with van der Waals surface area (Å²) in [5.41, 5.74) is 1.37. The van der Waals surface area contributed by atoms with Crippen LogP contribution >= 0.6 is 11.8 Å². The van der Waals surface area contributed by atoms with Crippen molar-refractivity contribution in [1.29, 1.82) is 0 Å². The van der Waals surface area contributed by atoms with Crippen LogP contribution in [0.4, 0.5) is 5.69 Å². The summed E-state index contributed by atoms with van der Waals surface area (Å²) in [6.07, 6.45) is 2.18. The predicted octanol–water partition coefficient (Wildman–Crippen LogP) is 4.47. The van der Waals surface area contributed by atoms with Crippen molar-refractivity contribution in [2.24, 2.45) is 0 Å². The number of nitro groups is 1. The molecule has 0 aliphatic rings. The molecule has 3 aromatic rings. The molecule has 33 heavy (non-hydrogen) atoms. The number of hydrogen-bond acceptors (Lipinski definition) is 8. The second-order valence-corrected chi connectivity index (χ2v) is 7.69. The van der Waals surface area contributed by atoms with E-state index in [1.807, 2.05) is 13.8 Å². The molecule has 2 aromatic carbocycles. The Morgan fingerprint density at radius 2 is 1.94 bits per heavy atom. The Bertz CT molecular complexity index is 1160. The first-order valence-corrected chi connectivity index (χ1v) is 10.9. The van der Waals surface area contributed by atoms with Gasteiger partial charge in [-0.25, -0.2) is 9.78 Å². The molecule has 0 radical (unpaired) electrons. The third kappa shape index (κ3) is 6.56. The van der Waals surface area contributed by atoms with Crippen molar-refractivity contribution in [3.63, 3.8) is 0 Å². The van der Waals surface area contributed by atoms with Crippen molar-refractivity contribution in [3.05, 3.63) is 74.4 Å². The number of aromatic amines is 1. The second-order valence-electron chi connectivity index (χ2n) is 6.69. The van der Waals surface area contributed by atoms with Crippen molar-refractivity contribution < 1.29 is 24.3 Å². The number of hydrogen-bond donors (Lipinski definition) is 2. The Morgan fingerprint density at radius 3 is 2.55 bits per heavy atom. The van der Waals surface area contributed by atoms with Gasteiger partial charge in [-0.05, 0) is 60.2 Å². The smallest absolute Gasteiger partial charge is 0.342 e. The number of carbonyl (C=O) groups is 1. The van der Waals surface area contributed by atoms with E-state index in [4.69, 9.17) is 9.47 Å². The van der Waals surface area contributed by atoms with Crippen LogP contribution in [-0.2, 0) is 17.8 Å². The van der Waals surface area contributed by atoms with Gasteiger partial charge in [-0.2, -0.15) is 0 Å². The van der Waals surface area contributed by atoms with Crippen LogP contribution in [0.25, 0.3) is 6.08 Å². The molecule has 3 rings (SSSR count). The summed E-state index contributed by atoms with van der Waals surface area (Å²) >= 11 is 0.950. The molecule has 0 aliphatic heterocycles. The highest BCUT2D eigenvalue weighted by atomic mass is 32.2. The van der Waals surface area contributed by atoms with Crippen LogP contribution < -0.4 is 9.47 Å². The Labute approximate surface area is 193 Å². The summed E-state index contributed by atoms with van der Waals surface area (Å²) in [6, 6.07) is 11.2. The minimum Gasteiger partial charge on any atom is -0.490 e. The number of nitro benzene ring substituents is 1. The molecule has 1 heterocycles. The standard InChI is InChI=1S/C22H22N4O6S/c1-3-20-23-22(25-24-20)33-19(21(27)28)12-15-7-10-17(18(11-15)31-4-2)32-13-14-5-8-16(9-6-14)26(29)30/h5-12H,3-4,13H2,1-2H3,(H,27,28)(H,23,24,25)/b19-12-. The first-order chi connectivity index (χ1) is 15.9. The van der Waals surface area contributed by atoms with E-state index in [0.29, 0.717) is 41.1 Å². The molecular weight excluding hydrogens is 448 g/mol. The second kappa shape index (κ2) is 11.1. The molecule has 172 valence electrons. The summed E-state index contributed by atoms with van der Waals surface area (Å²) in [4.78, 5) is 26.3. The summed E-state index contributed by atoms with van der Waals surface area (Å²) in [6.45, 7) is 4.33. The molecule has 0 aliphatic carbocycles. The van der Waals surface area contributed by atoms with Gasteiger partial charge in [0, 0.05) is 18.6 Å². The zero-order valence-electron chi connectivity index (χ0n) is 18.0. The van der Waals surface area contributed by atoms with Gasteiger partial charge < -0.3 is 14.6 Å². The molecule has 1 aromatic heterocycles. The van der Waals surface area contributed by atoms with E-state index in [2.05, 4.69) is 15.2 Å². The molecule has 0 fully saturated rings. The van der Waals surface area contributed by atoms with Gasteiger partial charge in [-0.15, -0.1) is 5.10 Å². The number of nitrogens with one attached hydrogen (secondary N) is 1. The number of carboxylic acids is 1. The number of aryl methyl sites for hydroxylation is 1. The average Bonchev–Trinajstić information content (AvgIpc) is 3.26. The summed E-state index contributed by atoms with van der Waals surface area (Å²) in [5, 5.41) is 27.5. The number of nitrogens with zero attached hydrogens (tertiary/aromatic N) is 3. The lowest BCUT2D eigenvalue weighted by molar-refractivity contribution is -0.384. The van der Waals surface area contributed by atoms with Gasteiger partial charge in [0.05, 0.1) is 11.5 Å². The number of aromatic nitrogens is 3. The molecule has 2 N–H and O–H groups in total. The maximum absolute atomic E-state index is 11.7. The number of H-pyrrole nitrogens is 1. The van der Waals surface area contributed by atoms with E-state index in [9.17, 15) is 20.0 Å². The first-order valence-electron chi connectivity index (χ1n) is 10.1. The van der Waals surface area contributed by atoms with E-state index in [1.165, 1.54) is 18.2 Å². The van der Waals surface area contributed by atoms with Gasteiger partial charge in [0.1, 0.15) is 17.3 Å². The number of carboxylic acid groups (broad SMARTS) is 1. The molecule has 0 unspecified atom stereocenters. The fourth-order valence-corrected chi connectivity index (χ4v) is 3.47. The van der Waals surface area contributed by atoms with Crippen LogP contribution in [0.1, 0.15) is 30.8 Å². The Kier molecular flexibility index (Phi) is 8.03. The van der Waals surface area contributed by atoms with Crippen LogP contribution in [0.2, 0.25) is 0 Å². The van der Waals surface area contributed by atoms with E-state index >= 15 is 0 Å². The molecule has 0 atom stereocenters. The van der Waals surface area contributed by atoms with Crippen LogP contribution in [-0.4, -0.2) is 37.8 Å². The molecular formula is C22H22N4O6S. The van der Waals surface area contributed by atoms with Crippen LogP contribution in [0, 0.1) is 10.1 Å². The Balaban J connectivity index is 1.78. The van der Waals surface area contributed by atoms with E-state index < -0.39 is 10.9 Å². The molecule has 0 amide bonds. The van der Waals surface area contributed by atoms with Gasteiger partial charge in [0.15, 0.2) is 11.5 Å². The SMILES string of the molecule is CCOc1cc(/C=C(\Sc2n[nH]c(CC)n2)C(=O)O)ccc1OCc1ccc([N+](=O)[O-])cc1. The van der Waals surface area contributed by atoms with Crippen LogP contribution in [0.3, 0.4) is 0 Å². The maximum atomic E-state index is 11.7. The van der Waals surface area contributed by atoms with E-state index in [-0.39, 0.29) is 17.2 Å². The number of rotatable bonds is 11. The van der Waals surface area contributed by atoms with Crippen molar-refractivity contribution in [2.75, 3.05) is 6.61 Å². The van der Waals surface area contributed by atoms with E-state index in [1.54, 1.807) is 30.3 Å². The van der Waals surface area contributed by atoms with Crippen molar-refractivity contribution in [2.45, 2.75) is 32.0 Å². The highest BCUT2D eigenvalue weighted by molar-refractivity contribution is 8.04. The van der Waals surface area contributed by atoms with Gasteiger partial charge in [-0.3, -0.25) is 15.2 Å². The molecule has 10 nitrogen and oxygen atoms in total. The van der Waals surface area contributed by atoms with E-state index in [0.717, 1.165) is 17.3 Å².